The molecule has 0 amide bonds. The number of rotatable bonds is 6. The molecule has 2 aromatic carbocycles. The number of aryl methyl sites for hydroxylation is 3. The lowest BCUT2D eigenvalue weighted by Gasteiger charge is -2.20. The third-order valence-corrected chi connectivity index (χ3v) is 6.61. The second-order valence-corrected chi connectivity index (χ2v) is 10.2. The smallest absolute Gasteiger partial charge is 0.00483 e. The molecule has 0 aliphatic heterocycles. The fourth-order valence-corrected chi connectivity index (χ4v) is 4.75. The average Bonchev–Trinajstić information content (AvgIpc) is 3.00. The standard InChI is InChI=1S/C28H38/c1-20-8-7-9-21(2)26(20)15-12-23-10-13-25(14-11-23)27-19-24(18-22(27)3)16-17-28(4,5)6/h7-11,13-14,24,27H,3,12,15-19H2,1-2,4-6H3/t24-,27?/m0/s1. The van der Waals surface area contributed by atoms with Gasteiger partial charge >= 0.3 is 0 Å². The van der Waals surface area contributed by atoms with Crippen molar-refractivity contribution in [3.8, 4) is 0 Å². The maximum Gasteiger partial charge on any atom is 0.00483 e. The first-order chi connectivity index (χ1) is 13.2. The van der Waals surface area contributed by atoms with Crippen molar-refractivity contribution in [3.05, 3.63) is 82.4 Å². The van der Waals surface area contributed by atoms with Crippen LogP contribution in [0.1, 0.15) is 80.2 Å². The second kappa shape index (κ2) is 8.68. The van der Waals surface area contributed by atoms with E-state index in [-0.39, 0.29) is 0 Å². The van der Waals surface area contributed by atoms with Crippen LogP contribution >= 0.6 is 0 Å². The van der Waals surface area contributed by atoms with Gasteiger partial charge in [-0.2, -0.15) is 0 Å². The zero-order valence-electron chi connectivity index (χ0n) is 18.6. The normalized spacial score (nSPS) is 20.0. The lowest BCUT2D eigenvalue weighted by atomic mass is 9.85. The maximum atomic E-state index is 4.42. The summed E-state index contributed by atoms with van der Waals surface area (Å²) in [7, 11) is 0. The molecule has 0 nitrogen and oxygen atoms in total. The fraction of sp³-hybridized carbons (Fsp3) is 0.500. The molecule has 0 aromatic heterocycles. The third-order valence-electron chi connectivity index (χ3n) is 6.61. The van der Waals surface area contributed by atoms with Crippen molar-refractivity contribution in [2.75, 3.05) is 0 Å². The molecule has 2 aromatic rings. The summed E-state index contributed by atoms with van der Waals surface area (Å²) in [5.74, 6) is 1.39. The van der Waals surface area contributed by atoms with E-state index in [4.69, 9.17) is 0 Å². The lowest BCUT2D eigenvalue weighted by molar-refractivity contribution is 0.323. The molecule has 0 heterocycles. The highest BCUT2D eigenvalue weighted by atomic mass is 14.3. The van der Waals surface area contributed by atoms with Gasteiger partial charge in [-0.05, 0) is 91.5 Å². The van der Waals surface area contributed by atoms with Crippen LogP contribution in [-0.4, -0.2) is 0 Å². The van der Waals surface area contributed by atoms with Gasteiger partial charge in [-0.3, -0.25) is 0 Å². The highest BCUT2D eigenvalue weighted by Crippen LogP contribution is 2.44. The zero-order chi connectivity index (χ0) is 20.3. The first-order valence-electron chi connectivity index (χ1n) is 11.0. The van der Waals surface area contributed by atoms with Crippen LogP contribution in [0.3, 0.4) is 0 Å². The van der Waals surface area contributed by atoms with Gasteiger partial charge in [-0.1, -0.05) is 75.4 Å². The van der Waals surface area contributed by atoms with Gasteiger partial charge < -0.3 is 0 Å². The molecule has 0 radical (unpaired) electrons. The highest BCUT2D eigenvalue weighted by Gasteiger charge is 2.29. The Balaban J connectivity index is 1.59. The van der Waals surface area contributed by atoms with Gasteiger partial charge in [0.15, 0.2) is 0 Å². The van der Waals surface area contributed by atoms with Crippen LogP contribution in [0.2, 0.25) is 0 Å². The van der Waals surface area contributed by atoms with Gasteiger partial charge in [0.2, 0.25) is 0 Å². The van der Waals surface area contributed by atoms with E-state index in [9.17, 15) is 0 Å². The first kappa shape index (κ1) is 20.9. The van der Waals surface area contributed by atoms with E-state index in [0.717, 1.165) is 18.8 Å². The Bertz CT molecular complexity index is 781. The molecule has 0 spiro atoms. The van der Waals surface area contributed by atoms with Crippen molar-refractivity contribution >= 4 is 0 Å². The Hall–Kier alpha value is -1.82. The van der Waals surface area contributed by atoms with Crippen molar-refractivity contribution in [3.63, 3.8) is 0 Å². The first-order valence-corrected chi connectivity index (χ1v) is 11.0. The maximum absolute atomic E-state index is 4.42. The highest BCUT2D eigenvalue weighted by molar-refractivity contribution is 5.36. The summed E-state index contributed by atoms with van der Waals surface area (Å²) in [5, 5.41) is 0. The fourth-order valence-electron chi connectivity index (χ4n) is 4.75. The van der Waals surface area contributed by atoms with Gasteiger partial charge in [0.05, 0.1) is 0 Å². The predicted octanol–water partition coefficient (Wildman–Crippen LogP) is 7.96. The summed E-state index contributed by atoms with van der Waals surface area (Å²) in [6, 6.07) is 16.0. The summed E-state index contributed by atoms with van der Waals surface area (Å²) < 4.78 is 0. The van der Waals surface area contributed by atoms with E-state index in [1.165, 1.54) is 59.1 Å². The van der Waals surface area contributed by atoms with E-state index >= 15 is 0 Å². The molecule has 1 aliphatic carbocycles. The third kappa shape index (κ3) is 5.37. The Labute approximate surface area is 173 Å². The van der Waals surface area contributed by atoms with Crippen LogP contribution in [0.15, 0.2) is 54.6 Å². The second-order valence-electron chi connectivity index (χ2n) is 10.2. The Kier molecular flexibility index (Phi) is 6.48. The van der Waals surface area contributed by atoms with Gasteiger partial charge in [0.25, 0.3) is 0 Å². The summed E-state index contributed by atoms with van der Waals surface area (Å²) in [6.45, 7) is 15.9. The van der Waals surface area contributed by atoms with Crippen molar-refractivity contribution in [1.82, 2.24) is 0 Å². The molecule has 0 heteroatoms. The van der Waals surface area contributed by atoms with E-state index in [1.54, 1.807) is 0 Å². The summed E-state index contributed by atoms with van der Waals surface area (Å²) in [4.78, 5) is 0. The summed E-state index contributed by atoms with van der Waals surface area (Å²) in [6.07, 6.45) is 7.40. The molecule has 0 saturated heterocycles. The lowest BCUT2D eigenvalue weighted by Crippen LogP contribution is -2.07. The molecular formula is C28H38. The van der Waals surface area contributed by atoms with Gasteiger partial charge in [0.1, 0.15) is 0 Å². The topological polar surface area (TPSA) is 0 Å². The average molecular weight is 375 g/mol. The molecule has 28 heavy (non-hydrogen) atoms. The van der Waals surface area contributed by atoms with Crippen LogP contribution in [-0.2, 0) is 12.8 Å². The molecule has 1 unspecified atom stereocenters. The molecule has 150 valence electrons. The Morgan fingerprint density at radius 3 is 2.18 bits per heavy atom. The Morgan fingerprint density at radius 1 is 0.929 bits per heavy atom. The molecule has 3 rings (SSSR count). The van der Waals surface area contributed by atoms with Crippen molar-refractivity contribution in [2.24, 2.45) is 11.3 Å². The quantitative estimate of drug-likeness (QED) is 0.450. The minimum Gasteiger partial charge on any atom is -0.0992 e. The van der Waals surface area contributed by atoms with Crippen LogP contribution in [0.25, 0.3) is 0 Å². The summed E-state index contributed by atoms with van der Waals surface area (Å²) >= 11 is 0. The van der Waals surface area contributed by atoms with E-state index < -0.39 is 0 Å². The molecule has 1 saturated carbocycles. The minimum absolute atomic E-state index is 0.441. The molecule has 0 N–H and O–H groups in total. The number of hydrogen-bond donors (Lipinski definition) is 0. The van der Waals surface area contributed by atoms with Gasteiger partial charge in [-0.25, -0.2) is 0 Å². The predicted molar refractivity (Wildman–Crippen MR) is 123 cm³/mol. The van der Waals surface area contributed by atoms with Crippen molar-refractivity contribution in [2.45, 2.75) is 79.1 Å². The molecule has 0 bridgehead atoms. The van der Waals surface area contributed by atoms with E-state index in [1.807, 2.05) is 0 Å². The van der Waals surface area contributed by atoms with Crippen LogP contribution in [0, 0.1) is 25.2 Å². The van der Waals surface area contributed by atoms with Crippen molar-refractivity contribution < 1.29 is 0 Å². The van der Waals surface area contributed by atoms with Crippen LogP contribution in [0.4, 0.5) is 0 Å². The monoisotopic (exact) mass is 374 g/mol. The van der Waals surface area contributed by atoms with E-state index in [2.05, 4.69) is 83.7 Å². The zero-order valence-corrected chi connectivity index (χ0v) is 18.6. The SMILES string of the molecule is C=C1C[C@H](CCC(C)(C)C)CC1c1ccc(CCc2c(C)cccc2C)cc1. The number of benzene rings is 2. The van der Waals surface area contributed by atoms with Crippen LogP contribution < -0.4 is 0 Å². The van der Waals surface area contributed by atoms with Gasteiger partial charge in [-0.15, -0.1) is 0 Å². The molecular weight excluding hydrogens is 336 g/mol. The van der Waals surface area contributed by atoms with Crippen molar-refractivity contribution in [1.29, 1.82) is 0 Å². The van der Waals surface area contributed by atoms with E-state index in [0.29, 0.717) is 11.3 Å². The van der Waals surface area contributed by atoms with Crippen LogP contribution in [0.5, 0.6) is 0 Å². The summed E-state index contributed by atoms with van der Waals surface area (Å²) in [5.41, 5.74) is 9.15. The molecule has 1 aliphatic rings. The molecule has 1 fully saturated rings. The number of hydrogen-bond acceptors (Lipinski definition) is 0. The van der Waals surface area contributed by atoms with Gasteiger partial charge in [0, 0.05) is 5.92 Å². The largest absolute Gasteiger partial charge is 0.0992 e. The number of allylic oxidation sites excluding steroid dienone is 1. The Morgan fingerprint density at radius 2 is 1.57 bits per heavy atom. The molecule has 2 atom stereocenters. The minimum atomic E-state index is 0.441.